The molecule has 2 aromatic carbocycles. The predicted molar refractivity (Wildman–Crippen MR) is 136 cm³/mol. The SMILES string of the molecule is C=CCOc1ccc(C(O)=C2C(=O)C(=O)N(CCOC)C23C(=O)N(CC=C)c2ccccc23)cc1C. The molecule has 1 atom stereocenters. The van der Waals surface area contributed by atoms with Crippen LogP contribution in [-0.2, 0) is 24.7 Å². The van der Waals surface area contributed by atoms with Crippen LogP contribution in [0.3, 0.4) is 0 Å². The first-order valence-electron chi connectivity index (χ1n) is 11.5. The number of hydrogen-bond donors (Lipinski definition) is 1. The van der Waals surface area contributed by atoms with Crippen molar-refractivity contribution in [1.29, 1.82) is 0 Å². The van der Waals surface area contributed by atoms with Gasteiger partial charge in [-0.1, -0.05) is 36.9 Å². The molecule has 1 saturated heterocycles. The maximum Gasteiger partial charge on any atom is 0.296 e. The van der Waals surface area contributed by atoms with E-state index in [0.717, 1.165) is 0 Å². The molecule has 1 fully saturated rings. The number of carbonyl (C=O) groups excluding carboxylic acids is 3. The molecule has 1 spiro atoms. The van der Waals surface area contributed by atoms with Gasteiger partial charge in [-0.05, 0) is 36.8 Å². The van der Waals surface area contributed by atoms with Gasteiger partial charge in [0.2, 0.25) is 0 Å². The summed E-state index contributed by atoms with van der Waals surface area (Å²) in [5.74, 6) is -2.17. The number of para-hydroxylation sites is 1. The zero-order valence-electron chi connectivity index (χ0n) is 20.3. The highest BCUT2D eigenvalue weighted by atomic mass is 16.5. The number of aryl methyl sites for hydroxylation is 1. The summed E-state index contributed by atoms with van der Waals surface area (Å²) in [6.45, 7) is 9.73. The maximum absolute atomic E-state index is 14.1. The Balaban J connectivity index is 1.99. The van der Waals surface area contributed by atoms with Crippen molar-refractivity contribution < 1.29 is 29.0 Å². The number of methoxy groups -OCH3 is 1. The second-order valence-electron chi connectivity index (χ2n) is 8.51. The first kappa shape index (κ1) is 24.9. The Labute approximate surface area is 209 Å². The fourth-order valence-corrected chi connectivity index (χ4v) is 4.91. The summed E-state index contributed by atoms with van der Waals surface area (Å²) in [7, 11) is 1.47. The smallest absolute Gasteiger partial charge is 0.296 e. The minimum absolute atomic E-state index is 0.0206. The summed E-state index contributed by atoms with van der Waals surface area (Å²) in [6, 6.07) is 11.9. The van der Waals surface area contributed by atoms with E-state index in [2.05, 4.69) is 13.2 Å². The number of ether oxygens (including phenoxy) is 2. The molecule has 2 heterocycles. The van der Waals surface area contributed by atoms with Gasteiger partial charge in [-0.3, -0.25) is 14.4 Å². The molecule has 4 rings (SSSR count). The number of rotatable bonds is 9. The van der Waals surface area contributed by atoms with E-state index in [-0.39, 0.29) is 30.8 Å². The van der Waals surface area contributed by atoms with E-state index in [1.54, 1.807) is 61.5 Å². The number of aliphatic hydroxyl groups is 1. The number of hydrogen-bond acceptors (Lipinski definition) is 6. The molecule has 2 aliphatic heterocycles. The molecule has 0 bridgehead atoms. The van der Waals surface area contributed by atoms with Crippen LogP contribution >= 0.6 is 0 Å². The lowest BCUT2D eigenvalue weighted by Gasteiger charge is -2.34. The third-order valence-electron chi connectivity index (χ3n) is 6.44. The fraction of sp³-hybridized carbons (Fsp3) is 0.250. The summed E-state index contributed by atoms with van der Waals surface area (Å²) >= 11 is 0. The number of benzene rings is 2. The molecule has 1 N–H and O–H groups in total. The van der Waals surface area contributed by atoms with Crippen LogP contribution in [0.5, 0.6) is 5.75 Å². The van der Waals surface area contributed by atoms with Crippen LogP contribution in [0, 0.1) is 6.92 Å². The molecule has 36 heavy (non-hydrogen) atoms. The molecule has 8 heteroatoms. The van der Waals surface area contributed by atoms with Gasteiger partial charge in [0, 0.05) is 31.3 Å². The third-order valence-corrected chi connectivity index (χ3v) is 6.44. The van der Waals surface area contributed by atoms with Gasteiger partial charge in [0.1, 0.15) is 18.1 Å². The molecule has 0 aromatic heterocycles. The average molecular weight is 489 g/mol. The summed E-state index contributed by atoms with van der Waals surface area (Å²) < 4.78 is 10.8. The van der Waals surface area contributed by atoms with Crippen LogP contribution in [0.25, 0.3) is 5.76 Å². The monoisotopic (exact) mass is 488 g/mol. The van der Waals surface area contributed by atoms with Crippen molar-refractivity contribution >= 4 is 29.0 Å². The van der Waals surface area contributed by atoms with Crippen LogP contribution in [0.2, 0.25) is 0 Å². The maximum atomic E-state index is 14.1. The van der Waals surface area contributed by atoms with Crippen molar-refractivity contribution in [2.24, 2.45) is 0 Å². The first-order chi connectivity index (χ1) is 17.3. The molecular weight excluding hydrogens is 460 g/mol. The number of anilines is 1. The van der Waals surface area contributed by atoms with Crippen LogP contribution in [0.4, 0.5) is 5.69 Å². The Morgan fingerprint density at radius 2 is 1.86 bits per heavy atom. The molecule has 186 valence electrons. The number of ketones is 1. The van der Waals surface area contributed by atoms with Crippen molar-refractivity contribution in [1.82, 2.24) is 4.90 Å². The minimum Gasteiger partial charge on any atom is -0.507 e. The van der Waals surface area contributed by atoms with Gasteiger partial charge >= 0.3 is 0 Å². The summed E-state index contributed by atoms with van der Waals surface area (Å²) in [5.41, 5.74) is -0.127. The lowest BCUT2D eigenvalue weighted by Crippen LogP contribution is -2.52. The second-order valence-corrected chi connectivity index (χ2v) is 8.51. The van der Waals surface area contributed by atoms with E-state index in [1.807, 2.05) is 0 Å². The standard InChI is InChI=1S/C28H28N2O6/c1-5-13-29-21-10-8-7-9-20(21)28(27(29)34)23(25(32)26(33)30(28)14-16-35-4)24(31)19-11-12-22(18(3)17-19)36-15-6-2/h5-12,17,31H,1-2,13-16H2,3-4H3. The summed E-state index contributed by atoms with van der Waals surface area (Å²) in [4.78, 5) is 43.6. The number of likely N-dealkylation sites (tertiary alicyclic amines) is 1. The molecule has 2 aromatic rings. The van der Waals surface area contributed by atoms with Crippen molar-refractivity contribution in [3.05, 3.63) is 90.0 Å². The molecule has 2 aliphatic rings. The third kappa shape index (κ3) is 3.61. The quantitative estimate of drug-likeness (QED) is 0.252. The Bertz CT molecular complexity index is 1300. The Kier molecular flexibility index (Phi) is 6.81. The van der Waals surface area contributed by atoms with Crippen molar-refractivity contribution in [3.63, 3.8) is 0 Å². The molecule has 8 nitrogen and oxygen atoms in total. The van der Waals surface area contributed by atoms with Crippen molar-refractivity contribution in [2.75, 3.05) is 38.3 Å². The highest BCUT2D eigenvalue weighted by molar-refractivity contribution is 6.50. The average Bonchev–Trinajstić information content (AvgIpc) is 3.25. The van der Waals surface area contributed by atoms with E-state index >= 15 is 0 Å². The molecular formula is C28H28N2O6. The topological polar surface area (TPSA) is 96.4 Å². The molecule has 0 saturated carbocycles. The Hall–Kier alpha value is -4.17. The van der Waals surface area contributed by atoms with E-state index in [4.69, 9.17) is 9.47 Å². The number of Topliss-reactive ketones (excluding diaryl/α,β-unsaturated/α-hetero) is 1. The lowest BCUT2D eigenvalue weighted by molar-refractivity contribution is -0.144. The molecule has 1 unspecified atom stereocenters. The van der Waals surface area contributed by atoms with Gasteiger partial charge in [0.05, 0.1) is 17.9 Å². The zero-order chi connectivity index (χ0) is 26.0. The van der Waals surface area contributed by atoms with Gasteiger partial charge in [0.15, 0.2) is 5.54 Å². The summed E-state index contributed by atoms with van der Waals surface area (Å²) in [6.07, 6.45) is 3.19. The summed E-state index contributed by atoms with van der Waals surface area (Å²) in [5, 5.41) is 11.5. The highest BCUT2D eigenvalue weighted by Crippen LogP contribution is 2.53. The van der Waals surface area contributed by atoms with E-state index in [0.29, 0.717) is 29.2 Å². The predicted octanol–water partition coefficient (Wildman–Crippen LogP) is 3.31. The van der Waals surface area contributed by atoms with Gasteiger partial charge in [0.25, 0.3) is 17.6 Å². The number of aliphatic hydroxyl groups excluding tert-OH is 1. The normalized spacial score (nSPS) is 20.2. The van der Waals surface area contributed by atoms with E-state index < -0.39 is 28.9 Å². The van der Waals surface area contributed by atoms with Crippen molar-refractivity contribution in [3.8, 4) is 5.75 Å². The zero-order valence-corrected chi connectivity index (χ0v) is 20.3. The largest absolute Gasteiger partial charge is 0.507 e. The lowest BCUT2D eigenvalue weighted by atomic mass is 9.81. The van der Waals surface area contributed by atoms with E-state index in [9.17, 15) is 19.5 Å². The highest BCUT2D eigenvalue weighted by Gasteiger charge is 2.66. The first-order valence-corrected chi connectivity index (χ1v) is 11.5. The van der Waals surface area contributed by atoms with Crippen LogP contribution in [0.1, 0.15) is 16.7 Å². The van der Waals surface area contributed by atoms with Crippen LogP contribution in [-0.4, -0.2) is 61.0 Å². The molecule has 0 radical (unpaired) electrons. The molecule has 0 aliphatic carbocycles. The number of amides is 2. The van der Waals surface area contributed by atoms with Gasteiger partial charge in [-0.15, -0.1) is 6.58 Å². The Morgan fingerprint density at radius 1 is 1.11 bits per heavy atom. The van der Waals surface area contributed by atoms with Gasteiger partial charge < -0.3 is 24.4 Å². The number of fused-ring (bicyclic) bond motifs is 2. The van der Waals surface area contributed by atoms with Gasteiger partial charge in [-0.25, -0.2) is 0 Å². The number of nitrogens with zero attached hydrogens (tertiary/aromatic N) is 2. The van der Waals surface area contributed by atoms with Crippen LogP contribution < -0.4 is 9.64 Å². The van der Waals surface area contributed by atoms with Crippen LogP contribution in [0.15, 0.2) is 73.3 Å². The van der Waals surface area contributed by atoms with E-state index in [1.165, 1.54) is 16.9 Å². The second kappa shape index (κ2) is 9.83. The van der Waals surface area contributed by atoms with Crippen molar-refractivity contribution in [2.45, 2.75) is 12.5 Å². The van der Waals surface area contributed by atoms with Gasteiger partial charge in [-0.2, -0.15) is 0 Å². The minimum atomic E-state index is -1.83. The Morgan fingerprint density at radius 3 is 2.53 bits per heavy atom. The number of carbonyl (C=O) groups is 3. The molecule has 2 amide bonds. The fourth-order valence-electron chi connectivity index (χ4n) is 4.91.